The number of nitrogens with zero attached hydrogens (tertiary/aromatic N) is 4. The predicted octanol–water partition coefficient (Wildman–Crippen LogP) is 2.31. The molecule has 0 bridgehead atoms. The Balaban J connectivity index is 1.31. The first-order valence-corrected chi connectivity index (χ1v) is 11.3. The summed E-state index contributed by atoms with van der Waals surface area (Å²) in [5.74, 6) is 1.26. The van der Waals surface area contributed by atoms with Gasteiger partial charge in [-0.25, -0.2) is 14.2 Å². The number of likely N-dealkylation sites (tertiary alicyclic amines) is 1. The van der Waals surface area contributed by atoms with Gasteiger partial charge >= 0.3 is 6.09 Å². The van der Waals surface area contributed by atoms with Crippen molar-refractivity contribution in [3.05, 3.63) is 23.6 Å². The maximum Gasteiger partial charge on any atom is 0.409 e. The first-order valence-electron chi connectivity index (χ1n) is 9.89. The van der Waals surface area contributed by atoms with Gasteiger partial charge in [0.2, 0.25) is 0 Å². The van der Waals surface area contributed by atoms with E-state index in [0.29, 0.717) is 24.0 Å². The third-order valence-corrected chi connectivity index (χ3v) is 7.72. The van der Waals surface area contributed by atoms with Crippen molar-refractivity contribution >= 4 is 41.3 Å². The van der Waals surface area contributed by atoms with Gasteiger partial charge in [0.15, 0.2) is 0 Å². The molecule has 3 aliphatic rings. The second-order valence-corrected chi connectivity index (χ2v) is 9.74. The summed E-state index contributed by atoms with van der Waals surface area (Å²) < 4.78 is 18.8. The normalized spacial score (nSPS) is 23.9. The van der Waals surface area contributed by atoms with Crippen LogP contribution in [0, 0.1) is 11.2 Å². The molecule has 158 valence electrons. The van der Waals surface area contributed by atoms with Gasteiger partial charge in [-0.15, -0.1) is 24.4 Å². The highest BCUT2D eigenvalue weighted by Crippen LogP contribution is 2.46. The number of nitrogens with one attached hydrogen (secondary N) is 1. The SMILES string of the molecule is CCOC(=O)N1CC2(C[C@H](N3CCN(c4ncc(F)cc4C(=N)S)CC3)CS2)C1. The number of halogens is 1. The van der Waals surface area contributed by atoms with E-state index in [0.717, 1.165) is 51.4 Å². The number of piperazine rings is 1. The molecule has 10 heteroatoms. The number of hydrogen-bond acceptors (Lipinski definition) is 7. The zero-order valence-electron chi connectivity index (χ0n) is 16.4. The van der Waals surface area contributed by atoms with Gasteiger partial charge in [-0.2, -0.15) is 0 Å². The average molecular weight is 440 g/mol. The Morgan fingerprint density at radius 1 is 1.41 bits per heavy atom. The Labute approximate surface area is 179 Å². The van der Waals surface area contributed by atoms with Gasteiger partial charge < -0.3 is 14.5 Å². The van der Waals surface area contributed by atoms with Crippen LogP contribution in [0.5, 0.6) is 0 Å². The van der Waals surface area contributed by atoms with Crippen LogP contribution < -0.4 is 4.90 Å². The van der Waals surface area contributed by atoms with Crippen LogP contribution in [0.3, 0.4) is 0 Å². The van der Waals surface area contributed by atoms with Crippen molar-refractivity contribution in [3.63, 3.8) is 0 Å². The molecular formula is C19H26FN5O2S2. The minimum absolute atomic E-state index is 0.0275. The molecule has 3 aliphatic heterocycles. The Kier molecular flexibility index (Phi) is 5.94. The van der Waals surface area contributed by atoms with Crippen LogP contribution in [-0.2, 0) is 4.74 Å². The van der Waals surface area contributed by atoms with Crippen LogP contribution in [0.15, 0.2) is 12.3 Å². The number of thiol groups is 1. The summed E-state index contributed by atoms with van der Waals surface area (Å²) in [6, 6.07) is 1.84. The fraction of sp³-hybridized carbons (Fsp3) is 0.632. The van der Waals surface area contributed by atoms with Crippen LogP contribution in [0.2, 0.25) is 0 Å². The lowest BCUT2D eigenvalue weighted by Crippen LogP contribution is -2.61. The Bertz CT molecular complexity index is 797. The number of hydrogen-bond donors (Lipinski definition) is 2. The van der Waals surface area contributed by atoms with E-state index in [2.05, 4.69) is 27.4 Å². The molecule has 4 rings (SSSR count). The second-order valence-electron chi connectivity index (χ2n) is 7.80. The van der Waals surface area contributed by atoms with Crippen molar-refractivity contribution in [1.29, 1.82) is 5.41 Å². The molecule has 0 aliphatic carbocycles. The fourth-order valence-corrected chi connectivity index (χ4v) is 6.27. The van der Waals surface area contributed by atoms with Gasteiger partial charge in [0.25, 0.3) is 0 Å². The molecular weight excluding hydrogens is 413 g/mol. The van der Waals surface area contributed by atoms with Gasteiger partial charge in [0, 0.05) is 51.1 Å². The monoisotopic (exact) mass is 439 g/mol. The third-order valence-electron chi connectivity index (χ3n) is 5.89. The van der Waals surface area contributed by atoms with Gasteiger partial charge in [-0.1, -0.05) is 0 Å². The number of ether oxygens (including phenoxy) is 1. The summed E-state index contributed by atoms with van der Waals surface area (Å²) in [5.41, 5.74) is 0.436. The molecule has 3 saturated heterocycles. The summed E-state index contributed by atoms with van der Waals surface area (Å²) in [7, 11) is 0. The van der Waals surface area contributed by atoms with Crippen LogP contribution in [-0.4, -0.2) is 88.3 Å². The Morgan fingerprint density at radius 3 is 2.79 bits per heavy atom. The number of amides is 1. The highest BCUT2D eigenvalue weighted by Gasteiger charge is 2.52. The summed E-state index contributed by atoms with van der Waals surface area (Å²) in [4.78, 5) is 22.5. The molecule has 3 fully saturated rings. The molecule has 0 radical (unpaired) electrons. The smallest absolute Gasteiger partial charge is 0.409 e. The molecule has 1 spiro atoms. The van der Waals surface area contributed by atoms with Crippen molar-refractivity contribution in [2.24, 2.45) is 0 Å². The van der Waals surface area contributed by atoms with E-state index in [-0.39, 0.29) is 15.9 Å². The topological polar surface area (TPSA) is 72.8 Å². The van der Waals surface area contributed by atoms with E-state index in [1.165, 1.54) is 12.3 Å². The molecule has 1 aromatic heterocycles. The second kappa shape index (κ2) is 8.31. The molecule has 0 saturated carbocycles. The standard InChI is InChI=1S/C19H26FN5O2S2/c1-2-27-18(26)25-11-19(12-25)8-14(10-29-19)23-3-5-24(6-4-23)17-15(16(21)28)7-13(20)9-22-17/h7,9,14H,2-6,8,10-12H2,1H3,(H2,21,28)/t14-/m0/s1. The minimum Gasteiger partial charge on any atom is -0.450 e. The summed E-state index contributed by atoms with van der Waals surface area (Å²) in [6.07, 6.45) is 2.09. The fourth-order valence-electron chi connectivity index (χ4n) is 4.43. The van der Waals surface area contributed by atoms with Crippen molar-refractivity contribution in [1.82, 2.24) is 14.8 Å². The van der Waals surface area contributed by atoms with Crippen molar-refractivity contribution in [3.8, 4) is 0 Å². The number of carbonyl (C=O) groups is 1. The quantitative estimate of drug-likeness (QED) is 0.426. The zero-order chi connectivity index (χ0) is 20.6. The molecule has 1 atom stereocenters. The van der Waals surface area contributed by atoms with Crippen LogP contribution >= 0.6 is 24.4 Å². The Morgan fingerprint density at radius 2 is 2.14 bits per heavy atom. The van der Waals surface area contributed by atoms with E-state index < -0.39 is 5.82 Å². The van der Waals surface area contributed by atoms with E-state index in [1.807, 2.05) is 18.7 Å². The molecule has 7 nitrogen and oxygen atoms in total. The van der Waals surface area contributed by atoms with E-state index in [9.17, 15) is 9.18 Å². The largest absolute Gasteiger partial charge is 0.450 e. The highest BCUT2D eigenvalue weighted by atomic mass is 32.2. The maximum atomic E-state index is 13.5. The molecule has 4 heterocycles. The van der Waals surface area contributed by atoms with Crippen LogP contribution in [0.25, 0.3) is 0 Å². The number of thioether (sulfide) groups is 1. The number of aromatic nitrogens is 1. The minimum atomic E-state index is -0.452. The summed E-state index contributed by atoms with van der Waals surface area (Å²) in [6.45, 7) is 7.19. The van der Waals surface area contributed by atoms with E-state index in [1.54, 1.807) is 4.90 Å². The molecule has 1 aromatic rings. The lowest BCUT2D eigenvalue weighted by atomic mass is 9.91. The number of carbonyl (C=O) groups excluding carboxylic acids is 1. The van der Waals surface area contributed by atoms with Crippen molar-refractivity contribution in [2.75, 3.05) is 56.5 Å². The first kappa shape index (κ1) is 20.7. The lowest BCUT2D eigenvalue weighted by molar-refractivity contribution is 0.0603. The molecule has 1 amide bonds. The molecule has 29 heavy (non-hydrogen) atoms. The zero-order valence-corrected chi connectivity index (χ0v) is 18.1. The van der Waals surface area contributed by atoms with Crippen LogP contribution in [0.4, 0.5) is 15.0 Å². The number of rotatable bonds is 4. The van der Waals surface area contributed by atoms with Gasteiger partial charge in [0.05, 0.1) is 28.2 Å². The van der Waals surface area contributed by atoms with Crippen molar-refractivity contribution in [2.45, 2.75) is 24.1 Å². The maximum absolute atomic E-state index is 13.5. The summed E-state index contributed by atoms with van der Waals surface area (Å²) >= 11 is 6.06. The van der Waals surface area contributed by atoms with Gasteiger partial charge in [-0.3, -0.25) is 10.3 Å². The first-order chi connectivity index (χ1) is 13.9. The number of pyridine rings is 1. The molecule has 1 N–H and O–H groups in total. The highest BCUT2D eigenvalue weighted by molar-refractivity contribution is 8.01. The predicted molar refractivity (Wildman–Crippen MR) is 116 cm³/mol. The van der Waals surface area contributed by atoms with E-state index in [4.69, 9.17) is 10.1 Å². The molecule has 0 aromatic carbocycles. The summed E-state index contributed by atoms with van der Waals surface area (Å²) in [5, 5.41) is 7.82. The van der Waals surface area contributed by atoms with Crippen molar-refractivity contribution < 1.29 is 13.9 Å². The third kappa shape index (κ3) is 4.20. The number of anilines is 1. The van der Waals surface area contributed by atoms with Gasteiger partial charge in [0.1, 0.15) is 11.6 Å². The Hall–Kier alpha value is -1.52. The average Bonchev–Trinajstić information content (AvgIpc) is 3.13. The van der Waals surface area contributed by atoms with E-state index >= 15 is 0 Å². The lowest BCUT2D eigenvalue weighted by Gasteiger charge is -2.47. The van der Waals surface area contributed by atoms with Gasteiger partial charge in [-0.05, 0) is 19.4 Å². The molecule has 0 unspecified atom stereocenters. The van der Waals surface area contributed by atoms with Crippen LogP contribution in [0.1, 0.15) is 18.9 Å².